The van der Waals surface area contributed by atoms with Gasteiger partial charge in [-0.15, -0.1) is 0 Å². The van der Waals surface area contributed by atoms with E-state index in [1.54, 1.807) is 0 Å². The Morgan fingerprint density at radius 3 is 2.69 bits per heavy atom. The van der Waals surface area contributed by atoms with Gasteiger partial charge < -0.3 is 24.3 Å². The van der Waals surface area contributed by atoms with Crippen molar-refractivity contribution >= 4 is 16.5 Å². The molecular formula is C25H32N2O5. The van der Waals surface area contributed by atoms with Crippen LogP contribution in [-0.2, 0) is 0 Å². The number of likely N-dealkylation sites (tertiary alicyclic amines) is 1. The van der Waals surface area contributed by atoms with Gasteiger partial charge in [0.05, 0.1) is 12.5 Å². The standard InChI is InChI=1S/C25H32N2O5/c1-26(13-6-16-27-14-4-3-5-15-27)18-9-7-17(8-10-18)23-22(30)21(29)19-11-12-20(28)25(31-2)24(19)32-23/h7-9,11-12,18,28,30H,3-6,10,13-16H2,1-2H3. The topological polar surface area (TPSA) is 86.4 Å². The van der Waals surface area contributed by atoms with Gasteiger partial charge in [-0.1, -0.05) is 24.6 Å². The molecule has 7 nitrogen and oxygen atoms in total. The van der Waals surface area contributed by atoms with Gasteiger partial charge in [-0.2, -0.15) is 0 Å². The predicted molar refractivity (Wildman–Crippen MR) is 125 cm³/mol. The number of benzene rings is 1. The molecular weight excluding hydrogens is 408 g/mol. The van der Waals surface area contributed by atoms with Crippen LogP contribution in [0.5, 0.6) is 17.2 Å². The van der Waals surface area contributed by atoms with Crippen molar-refractivity contribution in [3.05, 3.63) is 46.3 Å². The number of methoxy groups -OCH3 is 1. The van der Waals surface area contributed by atoms with E-state index in [-0.39, 0.29) is 34.3 Å². The van der Waals surface area contributed by atoms with Crippen molar-refractivity contribution in [3.8, 4) is 17.2 Å². The van der Waals surface area contributed by atoms with Crippen LogP contribution in [0.15, 0.2) is 39.6 Å². The summed E-state index contributed by atoms with van der Waals surface area (Å²) in [5.41, 5.74) is 0.215. The minimum absolute atomic E-state index is 0.0764. The van der Waals surface area contributed by atoms with E-state index in [9.17, 15) is 15.0 Å². The number of nitrogens with zero attached hydrogens (tertiary/aromatic N) is 2. The number of fused-ring (bicyclic) bond motifs is 1. The molecule has 1 unspecified atom stereocenters. The highest BCUT2D eigenvalue weighted by Crippen LogP contribution is 2.37. The average molecular weight is 441 g/mol. The zero-order chi connectivity index (χ0) is 22.7. The first-order valence-corrected chi connectivity index (χ1v) is 11.4. The Bertz CT molecular complexity index is 1080. The molecule has 0 amide bonds. The highest BCUT2D eigenvalue weighted by Gasteiger charge is 2.22. The smallest absolute Gasteiger partial charge is 0.235 e. The van der Waals surface area contributed by atoms with Crippen LogP contribution in [-0.4, -0.2) is 66.4 Å². The third-order valence-electron chi connectivity index (χ3n) is 6.51. The first-order chi connectivity index (χ1) is 15.5. The summed E-state index contributed by atoms with van der Waals surface area (Å²) in [6, 6.07) is 3.03. The van der Waals surface area contributed by atoms with Gasteiger partial charge in [0.25, 0.3) is 0 Å². The largest absolute Gasteiger partial charge is 0.504 e. The lowest BCUT2D eigenvalue weighted by molar-refractivity contribution is 0.204. The summed E-state index contributed by atoms with van der Waals surface area (Å²) in [5, 5.41) is 20.7. The van der Waals surface area contributed by atoms with Crippen LogP contribution in [0.25, 0.3) is 16.5 Å². The van der Waals surface area contributed by atoms with Crippen LogP contribution in [0.3, 0.4) is 0 Å². The fraction of sp³-hybridized carbons (Fsp3) is 0.480. The maximum absolute atomic E-state index is 12.7. The molecule has 2 N–H and O–H groups in total. The molecule has 0 saturated carbocycles. The van der Waals surface area contributed by atoms with E-state index in [2.05, 4.69) is 22.9 Å². The third kappa shape index (κ3) is 4.54. The van der Waals surface area contributed by atoms with E-state index < -0.39 is 11.2 Å². The Labute approximate surface area is 188 Å². The molecule has 1 fully saturated rings. The zero-order valence-electron chi connectivity index (χ0n) is 18.8. The highest BCUT2D eigenvalue weighted by atomic mass is 16.5. The van der Waals surface area contributed by atoms with Crippen LogP contribution in [0.1, 0.15) is 37.9 Å². The van der Waals surface area contributed by atoms with Crippen molar-refractivity contribution in [1.82, 2.24) is 9.80 Å². The number of phenolic OH excluding ortho intramolecular Hbond substituents is 1. The first-order valence-electron chi connectivity index (χ1n) is 11.4. The lowest BCUT2D eigenvalue weighted by Gasteiger charge is -2.30. The van der Waals surface area contributed by atoms with Gasteiger partial charge in [0.15, 0.2) is 17.1 Å². The van der Waals surface area contributed by atoms with E-state index in [4.69, 9.17) is 9.15 Å². The second-order valence-electron chi connectivity index (χ2n) is 8.66. The van der Waals surface area contributed by atoms with E-state index in [1.165, 1.54) is 51.6 Å². The van der Waals surface area contributed by atoms with Crippen LogP contribution in [0.2, 0.25) is 0 Å². The van der Waals surface area contributed by atoms with Gasteiger partial charge in [0.1, 0.15) is 0 Å². The van der Waals surface area contributed by atoms with Gasteiger partial charge in [0.2, 0.25) is 16.9 Å². The molecule has 7 heteroatoms. The van der Waals surface area contributed by atoms with Gasteiger partial charge >= 0.3 is 0 Å². The van der Waals surface area contributed by atoms with Crippen LogP contribution < -0.4 is 10.2 Å². The van der Waals surface area contributed by atoms with Crippen molar-refractivity contribution in [2.24, 2.45) is 0 Å². The van der Waals surface area contributed by atoms with Crippen molar-refractivity contribution < 1.29 is 19.4 Å². The Morgan fingerprint density at radius 2 is 2.00 bits per heavy atom. The fourth-order valence-electron chi connectivity index (χ4n) is 4.60. The Balaban J connectivity index is 1.46. The molecule has 2 heterocycles. The second kappa shape index (κ2) is 9.79. The number of allylic oxidation sites excluding steroid dienone is 2. The quantitative estimate of drug-likeness (QED) is 0.678. The SMILES string of the molecule is COc1c(O)ccc2c(=O)c(O)c(C3=CCC(N(C)CCCN4CCCCC4)C=C3)oc12. The zero-order valence-corrected chi connectivity index (χ0v) is 18.8. The molecule has 2 aliphatic rings. The van der Waals surface area contributed by atoms with Crippen LogP contribution >= 0.6 is 0 Å². The number of rotatable bonds is 7. The Kier molecular flexibility index (Phi) is 6.86. The van der Waals surface area contributed by atoms with Gasteiger partial charge in [0, 0.05) is 11.6 Å². The first kappa shape index (κ1) is 22.4. The summed E-state index contributed by atoms with van der Waals surface area (Å²) < 4.78 is 11.1. The molecule has 2 aromatic rings. The summed E-state index contributed by atoms with van der Waals surface area (Å²) >= 11 is 0. The van der Waals surface area contributed by atoms with E-state index in [0.717, 1.165) is 25.9 Å². The molecule has 4 rings (SSSR count). The molecule has 0 bridgehead atoms. The summed E-state index contributed by atoms with van der Waals surface area (Å²) in [7, 11) is 3.53. The minimum atomic E-state index is -0.550. The maximum atomic E-state index is 12.7. The van der Waals surface area contributed by atoms with Crippen molar-refractivity contribution in [3.63, 3.8) is 0 Å². The molecule has 1 aromatic carbocycles. The Morgan fingerprint density at radius 1 is 1.22 bits per heavy atom. The Hall–Kier alpha value is -2.77. The number of hydrogen-bond acceptors (Lipinski definition) is 7. The lowest BCUT2D eigenvalue weighted by atomic mass is 9.99. The summed E-state index contributed by atoms with van der Waals surface area (Å²) in [6.45, 7) is 4.61. The van der Waals surface area contributed by atoms with E-state index in [0.29, 0.717) is 5.57 Å². The van der Waals surface area contributed by atoms with Crippen LogP contribution in [0.4, 0.5) is 0 Å². The fourth-order valence-corrected chi connectivity index (χ4v) is 4.60. The molecule has 32 heavy (non-hydrogen) atoms. The van der Waals surface area contributed by atoms with Crippen molar-refractivity contribution in [2.75, 3.05) is 40.3 Å². The van der Waals surface area contributed by atoms with Crippen molar-refractivity contribution in [1.29, 1.82) is 0 Å². The van der Waals surface area contributed by atoms with Gasteiger partial charge in [-0.05, 0) is 71.0 Å². The normalized spacial score (nSPS) is 19.5. The predicted octanol–water partition coefficient (Wildman–Crippen LogP) is 3.73. The van der Waals surface area contributed by atoms with Gasteiger partial charge in [-0.25, -0.2) is 0 Å². The number of piperidine rings is 1. The lowest BCUT2D eigenvalue weighted by Crippen LogP contribution is -2.35. The monoisotopic (exact) mass is 440 g/mol. The number of hydrogen-bond donors (Lipinski definition) is 2. The van der Waals surface area contributed by atoms with Crippen LogP contribution in [0, 0.1) is 0 Å². The second-order valence-corrected chi connectivity index (χ2v) is 8.66. The summed E-state index contributed by atoms with van der Waals surface area (Å²) in [5.74, 6) is -0.393. The average Bonchev–Trinajstić information content (AvgIpc) is 2.82. The maximum Gasteiger partial charge on any atom is 0.235 e. The summed E-state index contributed by atoms with van der Waals surface area (Å²) in [4.78, 5) is 17.6. The number of aromatic hydroxyl groups is 2. The third-order valence-corrected chi connectivity index (χ3v) is 6.51. The summed E-state index contributed by atoms with van der Waals surface area (Å²) in [6.07, 6.45) is 11.8. The molecule has 1 aromatic heterocycles. The highest BCUT2D eigenvalue weighted by molar-refractivity contribution is 5.88. The number of likely N-dealkylation sites (N-methyl/N-ethyl adjacent to an activating group) is 1. The molecule has 1 atom stereocenters. The van der Waals surface area contributed by atoms with Crippen molar-refractivity contribution in [2.45, 2.75) is 38.1 Å². The molecule has 172 valence electrons. The van der Waals surface area contributed by atoms with E-state index in [1.807, 2.05) is 12.2 Å². The van der Waals surface area contributed by atoms with E-state index >= 15 is 0 Å². The molecule has 0 spiro atoms. The minimum Gasteiger partial charge on any atom is -0.504 e. The molecule has 1 aliphatic heterocycles. The number of ether oxygens (including phenoxy) is 1. The van der Waals surface area contributed by atoms with Gasteiger partial charge in [-0.3, -0.25) is 9.69 Å². The number of phenols is 1. The molecule has 0 radical (unpaired) electrons. The molecule has 1 saturated heterocycles. The molecule has 1 aliphatic carbocycles.